The van der Waals surface area contributed by atoms with Crippen LogP contribution in [0.2, 0.25) is 0 Å². The fourth-order valence-electron chi connectivity index (χ4n) is 4.21. The summed E-state index contributed by atoms with van der Waals surface area (Å²) in [6, 6.07) is 11.3. The smallest absolute Gasteiger partial charge is 0.320 e. The number of carbonyl (C=O) groups excluding carboxylic acids is 1. The van der Waals surface area contributed by atoms with Gasteiger partial charge in [0.1, 0.15) is 27.2 Å². The number of carbonyl (C=O) groups is 2. The van der Waals surface area contributed by atoms with E-state index in [9.17, 15) is 14.7 Å². The minimum Gasteiger partial charge on any atom is -0.480 e. The molecule has 0 saturated carbocycles. The number of nitrogens with one attached hydrogen (secondary N) is 1. The summed E-state index contributed by atoms with van der Waals surface area (Å²) in [5.41, 5.74) is 2.39. The Labute approximate surface area is 198 Å². The van der Waals surface area contributed by atoms with Crippen LogP contribution >= 0.6 is 22.7 Å². The van der Waals surface area contributed by atoms with Gasteiger partial charge in [0.2, 0.25) is 0 Å². The van der Waals surface area contributed by atoms with Crippen LogP contribution in [0.4, 0.5) is 0 Å². The molecule has 1 amide bonds. The molecule has 4 aromatic rings. The first-order valence-electron chi connectivity index (χ1n) is 10.9. The van der Waals surface area contributed by atoms with Crippen molar-refractivity contribution in [2.75, 3.05) is 19.6 Å². The molecule has 9 heteroatoms. The molecule has 1 aliphatic heterocycles. The van der Waals surface area contributed by atoms with E-state index in [0.29, 0.717) is 36.6 Å². The van der Waals surface area contributed by atoms with Gasteiger partial charge in [-0.1, -0.05) is 18.2 Å². The van der Waals surface area contributed by atoms with Crippen LogP contribution in [0.15, 0.2) is 51.6 Å². The summed E-state index contributed by atoms with van der Waals surface area (Å²) in [7, 11) is 0. The zero-order chi connectivity index (χ0) is 22.8. The largest absolute Gasteiger partial charge is 0.480 e. The number of amides is 1. The van der Waals surface area contributed by atoms with Crippen molar-refractivity contribution in [2.45, 2.75) is 25.3 Å². The number of aliphatic carboxylic acids is 1. The molecule has 170 valence electrons. The second-order valence-corrected chi connectivity index (χ2v) is 9.77. The third kappa shape index (κ3) is 4.57. The maximum absolute atomic E-state index is 12.8. The molecule has 5 rings (SSSR count). The van der Waals surface area contributed by atoms with Gasteiger partial charge in [0.05, 0.1) is 0 Å². The lowest BCUT2D eigenvalue weighted by molar-refractivity contribution is -0.142. The van der Waals surface area contributed by atoms with Crippen molar-refractivity contribution in [3.63, 3.8) is 0 Å². The van der Waals surface area contributed by atoms with Crippen LogP contribution in [-0.4, -0.2) is 52.5 Å². The average Bonchev–Trinajstić information content (AvgIpc) is 3.60. The van der Waals surface area contributed by atoms with Crippen molar-refractivity contribution in [3.8, 4) is 22.0 Å². The fourth-order valence-corrected chi connectivity index (χ4v) is 5.93. The van der Waals surface area contributed by atoms with E-state index in [1.54, 1.807) is 0 Å². The third-order valence-electron chi connectivity index (χ3n) is 5.84. The van der Waals surface area contributed by atoms with Crippen LogP contribution < -0.4 is 5.32 Å². The molecule has 1 fully saturated rings. The van der Waals surface area contributed by atoms with Gasteiger partial charge in [-0.3, -0.25) is 14.5 Å². The van der Waals surface area contributed by atoms with Crippen molar-refractivity contribution >= 4 is 45.5 Å². The Morgan fingerprint density at radius 2 is 2.12 bits per heavy atom. The normalized spacial score (nSPS) is 16.4. The van der Waals surface area contributed by atoms with Crippen molar-refractivity contribution in [3.05, 3.63) is 52.0 Å². The molecule has 7 nitrogen and oxygen atoms in total. The molecular weight excluding hydrogens is 458 g/mol. The van der Waals surface area contributed by atoms with Crippen LogP contribution in [0.1, 0.15) is 28.9 Å². The van der Waals surface area contributed by atoms with E-state index in [0.717, 1.165) is 40.2 Å². The molecule has 1 atom stereocenters. The Hall–Kier alpha value is -3.01. The van der Waals surface area contributed by atoms with Gasteiger partial charge in [0.15, 0.2) is 5.76 Å². The molecule has 0 bridgehead atoms. The van der Waals surface area contributed by atoms with Gasteiger partial charge in [-0.2, -0.15) is 0 Å². The molecule has 1 saturated heterocycles. The summed E-state index contributed by atoms with van der Waals surface area (Å²) in [6.07, 6.45) is 2.32. The number of aromatic nitrogens is 1. The van der Waals surface area contributed by atoms with Gasteiger partial charge >= 0.3 is 5.97 Å². The summed E-state index contributed by atoms with van der Waals surface area (Å²) in [5.74, 6) is -0.177. The zero-order valence-corrected chi connectivity index (χ0v) is 19.5. The molecule has 0 spiro atoms. The molecule has 0 radical (unpaired) electrons. The minimum absolute atomic E-state index is 0.128. The van der Waals surface area contributed by atoms with E-state index < -0.39 is 12.0 Å². The molecule has 1 aromatic carbocycles. The summed E-state index contributed by atoms with van der Waals surface area (Å²) in [6.45, 7) is 1.97. The Morgan fingerprint density at radius 1 is 1.24 bits per heavy atom. The monoisotopic (exact) mass is 481 g/mol. The van der Waals surface area contributed by atoms with E-state index in [-0.39, 0.29) is 5.91 Å². The van der Waals surface area contributed by atoms with Crippen LogP contribution in [0.5, 0.6) is 0 Å². The molecule has 0 unspecified atom stereocenters. The Kier molecular flexibility index (Phi) is 6.26. The highest BCUT2D eigenvalue weighted by atomic mass is 32.1. The zero-order valence-electron chi connectivity index (χ0n) is 17.8. The number of rotatable bonds is 8. The van der Waals surface area contributed by atoms with E-state index >= 15 is 0 Å². The van der Waals surface area contributed by atoms with Crippen molar-refractivity contribution in [1.82, 2.24) is 15.2 Å². The standard InChI is InChI=1S/C24H23N3O4S2/c28-22(25-9-4-11-27-10-3-6-18(27)24(29)30)21-16(8-12-32-21)23-26-17(14-33-23)20-13-15-5-1-2-7-19(15)31-20/h1-2,5,7-8,12-14,18H,3-4,6,9-11H2,(H,25,28)(H,29,30)/t18-/m1/s1. The number of hydrogen-bond donors (Lipinski definition) is 2. The summed E-state index contributed by atoms with van der Waals surface area (Å²) in [4.78, 5) is 31.5. The Bertz CT molecular complexity index is 1260. The molecule has 1 aliphatic rings. The first-order valence-corrected chi connectivity index (χ1v) is 12.6. The van der Waals surface area contributed by atoms with E-state index in [1.165, 1.54) is 22.7 Å². The second kappa shape index (κ2) is 9.46. The molecular formula is C24H23N3O4S2. The third-order valence-corrected chi connectivity index (χ3v) is 7.63. The Morgan fingerprint density at radius 3 is 2.97 bits per heavy atom. The first kappa shape index (κ1) is 21.8. The van der Waals surface area contributed by atoms with Gasteiger partial charge in [0, 0.05) is 29.4 Å². The van der Waals surface area contributed by atoms with Gasteiger partial charge in [-0.05, 0) is 49.4 Å². The molecule has 2 N–H and O–H groups in total. The number of hydrogen-bond acceptors (Lipinski definition) is 7. The minimum atomic E-state index is -0.759. The molecule has 0 aliphatic carbocycles. The van der Waals surface area contributed by atoms with Gasteiger partial charge < -0.3 is 14.8 Å². The maximum atomic E-state index is 12.8. The summed E-state index contributed by atoms with van der Waals surface area (Å²) in [5, 5.41) is 17.9. The van der Waals surface area contributed by atoms with Crippen molar-refractivity contribution in [2.24, 2.45) is 0 Å². The predicted molar refractivity (Wildman–Crippen MR) is 130 cm³/mol. The van der Waals surface area contributed by atoms with Gasteiger partial charge in [-0.25, -0.2) is 4.98 Å². The van der Waals surface area contributed by atoms with Crippen molar-refractivity contribution in [1.29, 1.82) is 0 Å². The number of furan rings is 1. The highest BCUT2D eigenvalue weighted by Gasteiger charge is 2.29. The number of thiophene rings is 1. The highest BCUT2D eigenvalue weighted by molar-refractivity contribution is 7.15. The summed E-state index contributed by atoms with van der Waals surface area (Å²) >= 11 is 2.88. The van der Waals surface area contributed by atoms with E-state index in [4.69, 9.17) is 9.40 Å². The number of para-hydroxylation sites is 1. The maximum Gasteiger partial charge on any atom is 0.320 e. The lowest BCUT2D eigenvalue weighted by Crippen LogP contribution is -2.37. The van der Waals surface area contributed by atoms with Crippen LogP contribution in [0, 0.1) is 0 Å². The van der Waals surface area contributed by atoms with Gasteiger partial charge in [0.25, 0.3) is 5.91 Å². The van der Waals surface area contributed by atoms with Crippen LogP contribution in [0.25, 0.3) is 33.0 Å². The number of fused-ring (bicyclic) bond motifs is 1. The fraction of sp³-hybridized carbons (Fsp3) is 0.292. The van der Waals surface area contributed by atoms with E-state index in [2.05, 4.69) is 5.32 Å². The van der Waals surface area contributed by atoms with Crippen LogP contribution in [0.3, 0.4) is 0 Å². The first-order chi connectivity index (χ1) is 16.1. The molecule has 33 heavy (non-hydrogen) atoms. The summed E-state index contributed by atoms with van der Waals surface area (Å²) < 4.78 is 5.92. The number of thiazole rings is 1. The number of nitrogens with zero attached hydrogens (tertiary/aromatic N) is 2. The highest BCUT2D eigenvalue weighted by Crippen LogP contribution is 2.35. The number of likely N-dealkylation sites (tertiary alicyclic amines) is 1. The number of carboxylic acids is 1. The molecule has 4 heterocycles. The van der Waals surface area contributed by atoms with Crippen molar-refractivity contribution < 1.29 is 19.1 Å². The molecule has 3 aromatic heterocycles. The average molecular weight is 482 g/mol. The lowest BCUT2D eigenvalue weighted by atomic mass is 10.2. The topological polar surface area (TPSA) is 95.7 Å². The van der Waals surface area contributed by atoms with E-state index in [1.807, 2.05) is 52.1 Å². The lowest BCUT2D eigenvalue weighted by Gasteiger charge is -2.20. The quantitative estimate of drug-likeness (QED) is 0.346. The predicted octanol–water partition coefficient (Wildman–Crippen LogP) is 4.95. The van der Waals surface area contributed by atoms with Crippen LogP contribution in [-0.2, 0) is 4.79 Å². The second-order valence-electron chi connectivity index (χ2n) is 7.99. The number of carboxylic acid groups (broad SMARTS) is 1. The van der Waals surface area contributed by atoms with Gasteiger partial charge in [-0.15, -0.1) is 22.7 Å². The number of benzene rings is 1. The Balaban J connectivity index is 1.22. The SMILES string of the molecule is O=C(NCCCN1CCC[C@@H]1C(=O)O)c1sccc1-c1nc(-c2cc3ccccc3o2)cs1.